The molecule has 0 radical (unpaired) electrons. The average molecular weight is 451 g/mol. The van der Waals surface area contributed by atoms with Gasteiger partial charge < -0.3 is 14.4 Å². The number of hydrogen-bond acceptors (Lipinski definition) is 5. The van der Waals surface area contributed by atoms with Gasteiger partial charge in [-0.1, -0.05) is 36.4 Å². The molecule has 2 amide bonds. The Balaban J connectivity index is 1.41. The number of carbonyl (C=O) groups is 2. The Kier molecular flexibility index (Phi) is 7.29. The maximum atomic E-state index is 13.3. The summed E-state index contributed by atoms with van der Waals surface area (Å²) >= 11 is 0. The van der Waals surface area contributed by atoms with Crippen LogP contribution in [0, 0.1) is 11.8 Å². The lowest BCUT2D eigenvalue weighted by Gasteiger charge is -2.37. The van der Waals surface area contributed by atoms with E-state index in [1.54, 1.807) is 12.6 Å². The second-order valence-electron chi connectivity index (χ2n) is 8.55. The molecule has 3 atom stereocenters. The molecule has 0 bridgehead atoms. The van der Waals surface area contributed by atoms with Crippen molar-refractivity contribution in [2.75, 3.05) is 20.2 Å². The summed E-state index contributed by atoms with van der Waals surface area (Å²) in [4.78, 5) is 27.6. The summed E-state index contributed by atoms with van der Waals surface area (Å²) in [6.07, 6.45) is 4.22. The highest BCUT2D eigenvalue weighted by Gasteiger charge is 2.41. The Morgan fingerprint density at radius 1 is 1.00 bits per heavy atom. The minimum atomic E-state index is -0.640. The molecule has 1 heterocycles. The van der Waals surface area contributed by atoms with Crippen molar-refractivity contribution in [3.05, 3.63) is 66.2 Å². The maximum absolute atomic E-state index is 13.3. The number of nitrogens with one attached hydrogen (secondary N) is 1. The predicted octanol–water partition coefficient (Wildman–Crippen LogP) is 3.68. The van der Waals surface area contributed by atoms with E-state index in [-0.39, 0.29) is 12.0 Å². The third-order valence-electron chi connectivity index (χ3n) is 6.59. The molecule has 1 saturated carbocycles. The van der Waals surface area contributed by atoms with E-state index >= 15 is 0 Å². The Morgan fingerprint density at radius 2 is 1.73 bits per heavy atom. The average Bonchev–Trinajstić information content (AvgIpc) is 2.89. The molecular weight excluding hydrogens is 420 g/mol. The minimum Gasteiger partial charge on any atom is -0.497 e. The summed E-state index contributed by atoms with van der Waals surface area (Å²) in [7, 11) is 1.60. The summed E-state index contributed by atoms with van der Waals surface area (Å²) in [5.74, 6) is -0.258. The van der Waals surface area contributed by atoms with Crippen LogP contribution in [0.4, 0.5) is 0 Å². The van der Waals surface area contributed by atoms with Gasteiger partial charge in [-0.15, -0.1) is 0 Å². The van der Waals surface area contributed by atoms with Crippen molar-refractivity contribution in [2.45, 2.75) is 31.8 Å². The van der Waals surface area contributed by atoms with Crippen LogP contribution in [0.1, 0.15) is 31.2 Å². The molecule has 1 aliphatic heterocycles. The lowest BCUT2D eigenvalue weighted by atomic mass is 9.76. The SMILES string of the molecule is COc1ccc(O[C@@H]2CC[C@H](C(=O)N3CC=C(c4ccccc4)CC3)[C@@H](C(=O)NO)C2)cc1. The van der Waals surface area contributed by atoms with E-state index in [2.05, 4.69) is 18.2 Å². The van der Waals surface area contributed by atoms with Crippen LogP contribution >= 0.6 is 0 Å². The highest BCUT2D eigenvalue weighted by molar-refractivity contribution is 5.88. The van der Waals surface area contributed by atoms with Crippen molar-refractivity contribution < 1.29 is 24.3 Å². The zero-order valence-electron chi connectivity index (χ0n) is 18.8. The van der Waals surface area contributed by atoms with Gasteiger partial charge in [-0.3, -0.25) is 14.8 Å². The molecule has 7 heteroatoms. The van der Waals surface area contributed by atoms with Crippen molar-refractivity contribution in [1.82, 2.24) is 10.4 Å². The molecule has 2 aromatic rings. The Labute approximate surface area is 194 Å². The zero-order valence-corrected chi connectivity index (χ0v) is 18.8. The first kappa shape index (κ1) is 22.9. The fourth-order valence-corrected chi connectivity index (χ4v) is 4.77. The van der Waals surface area contributed by atoms with Gasteiger partial charge in [0.2, 0.25) is 11.8 Å². The van der Waals surface area contributed by atoms with Gasteiger partial charge in [0.15, 0.2) is 0 Å². The summed E-state index contributed by atoms with van der Waals surface area (Å²) < 4.78 is 11.2. The molecule has 2 N–H and O–H groups in total. The fourth-order valence-electron chi connectivity index (χ4n) is 4.77. The monoisotopic (exact) mass is 450 g/mol. The second kappa shape index (κ2) is 10.5. The maximum Gasteiger partial charge on any atom is 0.247 e. The predicted molar refractivity (Wildman–Crippen MR) is 124 cm³/mol. The molecule has 0 saturated heterocycles. The van der Waals surface area contributed by atoms with Gasteiger partial charge in [-0.05, 0) is 61.1 Å². The zero-order chi connectivity index (χ0) is 23.2. The number of amides is 2. The van der Waals surface area contributed by atoms with Crippen LogP contribution in [0.25, 0.3) is 5.57 Å². The van der Waals surface area contributed by atoms with Crippen LogP contribution in [0.5, 0.6) is 11.5 Å². The highest BCUT2D eigenvalue weighted by Crippen LogP contribution is 2.35. The lowest BCUT2D eigenvalue weighted by Crippen LogP contribution is -2.48. The molecule has 1 aliphatic carbocycles. The van der Waals surface area contributed by atoms with E-state index < -0.39 is 17.7 Å². The Bertz CT molecular complexity index is 990. The molecule has 33 heavy (non-hydrogen) atoms. The van der Waals surface area contributed by atoms with Crippen molar-refractivity contribution in [1.29, 1.82) is 0 Å². The molecule has 2 aliphatic rings. The number of ether oxygens (including phenoxy) is 2. The Hall–Kier alpha value is -3.32. The molecule has 2 aromatic carbocycles. The molecule has 0 unspecified atom stereocenters. The second-order valence-corrected chi connectivity index (χ2v) is 8.55. The molecule has 4 rings (SSSR count). The third-order valence-corrected chi connectivity index (χ3v) is 6.59. The highest BCUT2D eigenvalue weighted by atomic mass is 16.5. The Morgan fingerprint density at radius 3 is 2.36 bits per heavy atom. The van der Waals surface area contributed by atoms with Gasteiger partial charge in [0, 0.05) is 13.1 Å². The molecular formula is C26H30N2O5. The van der Waals surface area contributed by atoms with Crippen molar-refractivity contribution in [2.24, 2.45) is 11.8 Å². The first-order valence-electron chi connectivity index (χ1n) is 11.4. The van der Waals surface area contributed by atoms with Crippen LogP contribution in [-0.2, 0) is 9.59 Å². The molecule has 7 nitrogen and oxygen atoms in total. The van der Waals surface area contributed by atoms with E-state index in [0.29, 0.717) is 38.1 Å². The normalized spacial score (nSPS) is 22.8. The lowest BCUT2D eigenvalue weighted by molar-refractivity contribution is -0.148. The number of hydrogen-bond donors (Lipinski definition) is 2. The number of nitrogens with zero attached hydrogens (tertiary/aromatic N) is 1. The fraction of sp³-hybridized carbons (Fsp3) is 0.385. The largest absolute Gasteiger partial charge is 0.497 e. The van der Waals surface area contributed by atoms with Gasteiger partial charge in [-0.2, -0.15) is 0 Å². The topological polar surface area (TPSA) is 88.1 Å². The van der Waals surface area contributed by atoms with Gasteiger partial charge in [0.25, 0.3) is 0 Å². The first-order chi connectivity index (χ1) is 16.1. The van der Waals surface area contributed by atoms with Gasteiger partial charge in [0.1, 0.15) is 11.5 Å². The van der Waals surface area contributed by atoms with Crippen LogP contribution in [-0.4, -0.2) is 48.2 Å². The molecule has 1 fully saturated rings. The van der Waals surface area contributed by atoms with Gasteiger partial charge in [0.05, 0.1) is 25.0 Å². The van der Waals surface area contributed by atoms with Crippen LogP contribution < -0.4 is 15.0 Å². The quantitative estimate of drug-likeness (QED) is 0.518. The summed E-state index contributed by atoms with van der Waals surface area (Å²) in [6, 6.07) is 17.4. The standard InChI is InChI=1S/C26H30N2O5/c1-32-20-7-9-21(10-8-20)33-22-11-12-23(24(17-22)25(29)27-31)26(30)28-15-13-19(14-16-28)18-5-3-2-4-6-18/h2-10,13,22-24,31H,11-12,14-17H2,1H3,(H,27,29)/t22-,23+,24+/m1/s1. The minimum absolute atomic E-state index is 0.0325. The number of carbonyl (C=O) groups excluding carboxylic acids is 2. The summed E-state index contributed by atoms with van der Waals surface area (Å²) in [6.45, 7) is 1.15. The smallest absolute Gasteiger partial charge is 0.247 e. The first-order valence-corrected chi connectivity index (χ1v) is 11.4. The molecule has 0 spiro atoms. The number of benzene rings is 2. The summed E-state index contributed by atoms with van der Waals surface area (Å²) in [5, 5.41) is 9.30. The van der Waals surface area contributed by atoms with E-state index in [1.165, 1.54) is 11.1 Å². The molecule has 0 aromatic heterocycles. The number of rotatable bonds is 6. The van der Waals surface area contributed by atoms with E-state index in [9.17, 15) is 14.8 Å². The van der Waals surface area contributed by atoms with Crippen LogP contribution in [0.15, 0.2) is 60.7 Å². The van der Waals surface area contributed by atoms with E-state index in [1.807, 2.05) is 47.4 Å². The van der Waals surface area contributed by atoms with Crippen molar-refractivity contribution in [3.63, 3.8) is 0 Å². The molecule has 174 valence electrons. The van der Waals surface area contributed by atoms with Crippen LogP contribution in [0.2, 0.25) is 0 Å². The van der Waals surface area contributed by atoms with Gasteiger partial charge in [-0.25, -0.2) is 5.48 Å². The van der Waals surface area contributed by atoms with Crippen molar-refractivity contribution in [3.8, 4) is 11.5 Å². The van der Waals surface area contributed by atoms with Gasteiger partial charge >= 0.3 is 0 Å². The van der Waals surface area contributed by atoms with E-state index in [0.717, 1.165) is 12.2 Å². The number of methoxy groups -OCH3 is 1. The van der Waals surface area contributed by atoms with Crippen molar-refractivity contribution >= 4 is 17.4 Å². The summed E-state index contributed by atoms with van der Waals surface area (Å²) in [5.41, 5.74) is 4.17. The van der Waals surface area contributed by atoms with Crippen LogP contribution in [0.3, 0.4) is 0 Å². The number of hydroxylamine groups is 1. The third kappa shape index (κ3) is 5.37. The van der Waals surface area contributed by atoms with E-state index in [4.69, 9.17) is 9.47 Å².